The highest BCUT2D eigenvalue weighted by Gasteiger charge is 2.24. The zero-order valence-electron chi connectivity index (χ0n) is 14.3. The summed E-state index contributed by atoms with van der Waals surface area (Å²) in [6, 6.07) is 8.21. The summed E-state index contributed by atoms with van der Waals surface area (Å²) in [7, 11) is 1.32. The second kappa shape index (κ2) is 10.6. The zero-order valence-corrected chi connectivity index (χ0v) is 14.3. The minimum absolute atomic E-state index is 0.0156. The van der Waals surface area contributed by atoms with Crippen LogP contribution in [0.15, 0.2) is 30.3 Å². The third-order valence-corrected chi connectivity index (χ3v) is 3.46. The van der Waals surface area contributed by atoms with Crippen LogP contribution >= 0.6 is 0 Å². The van der Waals surface area contributed by atoms with E-state index in [4.69, 9.17) is 9.47 Å². The summed E-state index contributed by atoms with van der Waals surface area (Å²) in [6.07, 6.45) is -0.626. The fourth-order valence-corrected chi connectivity index (χ4v) is 2.08. The van der Waals surface area contributed by atoms with Gasteiger partial charge in [0.15, 0.2) is 0 Å². The summed E-state index contributed by atoms with van der Waals surface area (Å²) in [5.41, 5.74) is 0.872. The molecule has 7 heteroatoms. The van der Waals surface area contributed by atoms with Crippen LogP contribution in [0.2, 0.25) is 0 Å². The first-order valence-corrected chi connectivity index (χ1v) is 7.87. The van der Waals surface area contributed by atoms with Gasteiger partial charge in [-0.25, -0.2) is 4.79 Å². The predicted octanol–water partition coefficient (Wildman–Crippen LogP) is 1.06. The van der Waals surface area contributed by atoms with Gasteiger partial charge in [-0.05, 0) is 11.5 Å². The normalized spacial score (nSPS) is 13.2. The van der Waals surface area contributed by atoms with Crippen LogP contribution in [-0.2, 0) is 20.9 Å². The summed E-state index contributed by atoms with van der Waals surface area (Å²) < 4.78 is 9.83. The minimum Gasteiger partial charge on any atom is -0.468 e. The number of aliphatic hydroxyl groups is 1. The Morgan fingerprint density at radius 2 is 1.88 bits per heavy atom. The smallest absolute Gasteiger partial charge is 0.407 e. The fraction of sp³-hybridized carbons (Fsp3) is 0.529. The van der Waals surface area contributed by atoms with Crippen LogP contribution in [0.5, 0.6) is 0 Å². The SMILES string of the molecule is COC(=O)[C@@H](NC[C@H](CO)NC(=O)OCc1ccccc1)C(C)C. The second-order valence-corrected chi connectivity index (χ2v) is 5.74. The number of alkyl carbamates (subject to hydrolysis) is 1. The maximum absolute atomic E-state index is 11.8. The van der Waals surface area contributed by atoms with Crippen LogP contribution in [0, 0.1) is 5.92 Å². The van der Waals surface area contributed by atoms with Gasteiger partial charge in [0.25, 0.3) is 0 Å². The number of carbonyl (C=O) groups excluding carboxylic acids is 2. The van der Waals surface area contributed by atoms with E-state index in [-0.39, 0.29) is 31.6 Å². The van der Waals surface area contributed by atoms with Crippen LogP contribution in [0.1, 0.15) is 19.4 Å². The van der Waals surface area contributed by atoms with Crippen LogP contribution in [-0.4, -0.2) is 49.5 Å². The number of rotatable bonds is 9. The molecule has 3 N–H and O–H groups in total. The lowest BCUT2D eigenvalue weighted by Gasteiger charge is -2.23. The molecule has 0 fully saturated rings. The summed E-state index contributed by atoms with van der Waals surface area (Å²) in [4.78, 5) is 23.5. The zero-order chi connectivity index (χ0) is 17.9. The minimum atomic E-state index is -0.626. The first kappa shape index (κ1) is 19.9. The molecule has 1 aromatic rings. The molecule has 1 aromatic carbocycles. The number of hydrogen-bond acceptors (Lipinski definition) is 6. The Bertz CT molecular complexity index is 507. The molecular weight excluding hydrogens is 312 g/mol. The quantitative estimate of drug-likeness (QED) is 0.583. The number of nitrogens with one attached hydrogen (secondary N) is 2. The molecule has 0 aliphatic carbocycles. The molecule has 0 aromatic heterocycles. The van der Waals surface area contributed by atoms with E-state index >= 15 is 0 Å². The number of amides is 1. The number of ether oxygens (including phenoxy) is 2. The van der Waals surface area contributed by atoms with Crippen LogP contribution in [0.4, 0.5) is 4.79 Å². The predicted molar refractivity (Wildman–Crippen MR) is 89.3 cm³/mol. The molecule has 0 saturated heterocycles. The Kier molecular flexibility index (Phi) is 8.81. The van der Waals surface area contributed by atoms with Gasteiger partial charge in [0, 0.05) is 6.54 Å². The largest absolute Gasteiger partial charge is 0.468 e. The number of aliphatic hydroxyl groups excluding tert-OH is 1. The first-order valence-electron chi connectivity index (χ1n) is 7.87. The van der Waals surface area contributed by atoms with Gasteiger partial charge in [0.05, 0.1) is 19.8 Å². The van der Waals surface area contributed by atoms with E-state index in [1.54, 1.807) is 0 Å². The standard InChI is InChI=1S/C17H26N2O5/c1-12(2)15(16(21)23-3)18-9-14(10-20)19-17(22)24-11-13-7-5-4-6-8-13/h4-8,12,14-15,18,20H,9-11H2,1-3H3,(H,19,22)/t14-,15+/m1/s1. The van der Waals surface area contributed by atoms with Crippen LogP contribution in [0.3, 0.4) is 0 Å². The van der Waals surface area contributed by atoms with Gasteiger partial charge in [-0.1, -0.05) is 44.2 Å². The third kappa shape index (κ3) is 6.97. The summed E-state index contributed by atoms with van der Waals surface area (Å²) in [5.74, 6) is -0.366. The summed E-state index contributed by atoms with van der Waals surface area (Å²) in [5, 5.41) is 14.9. The van der Waals surface area contributed by atoms with E-state index in [9.17, 15) is 14.7 Å². The number of hydrogen-bond donors (Lipinski definition) is 3. The molecule has 0 bridgehead atoms. The Hall–Kier alpha value is -2.12. The van der Waals surface area contributed by atoms with Crippen LogP contribution in [0.25, 0.3) is 0 Å². The molecule has 24 heavy (non-hydrogen) atoms. The topological polar surface area (TPSA) is 96.9 Å². The average Bonchev–Trinajstić information content (AvgIpc) is 2.59. The maximum atomic E-state index is 11.8. The van der Waals surface area contributed by atoms with E-state index in [0.29, 0.717) is 0 Å². The molecule has 7 nitrogen and oxygen atoms in total. The lowest BCUT2D eigenvalue weighted by atomic mass is 10.0. The van der Waals surface area contributed by atoms with Crippen molar-refractivity contribution in [1.29, 1.82) is 0 Å². The number of benzene rings is 1. The van der Waals surface area contributed by atoms with Gasteiger partial charge in [-0.2, -0.15) is 0 Å². The van der Waals surface area contributed by atoms with Crippen molar-refractivity contribution in [1.82, 2.24) is 10.6 Å². The Morgan fingerprint density at radius 1 is 1.21 bits per heavy atom. The molecule has 0 heterocycles. The Balaban J connectivity index is 2.42. The third-order valence-electron chi connectivity index (χ3n) is 3.46. The van der Waals surface area contributed by atoms with Crippen molar-refractivity contribution in [2.75, 3.05) is 20.3 Å². The Morgan fingerprint density at radius 3 is 2.42 bits per heavy atom. The number of carbonyl (C=O) groups is 2. The van der Waals surface area contributed by atoms with Crippen molar-refractivity contribution >= 4 is 12.1 Å². The van der Waals surface area contributed by atoms with Crippen LogP contribution < -0.4 is 10.6 Å². The molecule has 0 spiro atoms. The maximum Gasteiger partial charge on any atom is 0.407 e. The van der Waals surface area contributed by atoms with Crippen molar-refractivity contribution in [3.63, 3.8) is 0 Å². The monoisotopic (exact) mass is 338 g/mol. The summed E-state index contributed by atoms with van der Waals surface area (Å²) in [6.45, 7) is 3.84. The lowest BCUT2D eigenvalue weighted by molar-refractivity contribution is -0.144. The van der Waals surface area contributed by atoms with Crippen molar-refractivity contribution in [3.8, 4) is 0 Å². The van der Waals surface area contributed by atoms with Gasteiger partial charge in [0.2, 0.25) is 0 Å². The summed E-state index contributed by atoms with van der Waals surface area (Å²) >= 11 is 0. The van der Waals surface area contributed by atoms with E-state index in [1.807, 2.05) is 44.2 Å². The van der Waals surface area contributed by atoms with Crippen molar-refractivity contribution in [2.24, 2.45) is 5.92 Å². The van der Waals surface area contributed by atoms with E-state index in [0.717, 1.165) is 5.56 Å². The first-order chi connectivity index (χ1) is 11.5. The van der Waals surface area contributed by atoms with E-state index in [2.05, 4.69) is 10.6 Å². The highest BCUT2D eigenvalue weighted by Crippen LogP contribution is 2.04. The molecule has 1 rings (SSSR count). The lowest BCUT2D eigenvalue weighted by Crippen LogP contribution is -2.50. The highest BCUT2D eigenvalue weighted by atomic mass is 16.5. The molecule has 0 saturated carbocycles. The number of methoxy groups -OCH3 is 1. The number of esters is 1. The average molecular weight is 338 g/mol. The van der Waals surface area contributed by atoms with E-state index < -0.39 is 18.2 Å². The molecule has 134 valence electrons. The molecule has 0 aliphatic heterocycles. The van der Waals surface area contributed by atoms with Gasteiger partial charge >= 0.3 is 12.1 Å². The highest BCUT2D eigenvalue weighted by molar-refractivity contribution is 5.76. The molecule has 0 unspecified atom stereocenters. The molecule has 1 amide bonds. The second-order valence-electron chi connectivity index (χ2n) is 5.74. The molecule has 0 aliphatic rings. The van der Waals surface area contributed by atoms with Crippen molar-refractivity contribution in [2.45, 2.75) is 32.5 Å². The molecular formula is C17H26N2O5. The van der Waals surface area contributed by atoms with Gasteiger partial charge in [-0.3, -0.25) is 4.79 Å². The van der Waals surface area contributed by atoms with Crippen molar-refractivity contribution in [3.05, 3.63) is 35.9 Å². The Labute approximate surface area is 142 Å². The van der Waals surface area contributed by atoms with E-state index in [1.165, 1.54) is 7.11 Å². The molecule has 2 atom stereocenters. The molecule has 0 radical (unpaired) electrons. The fourth-order valence-electron chi connectivity index (χ4n) is 2.08. The van der Waals surface area contributed by atoms with Gasteiger partial charge in [-0.15, -0.1) is 0 Å². The van der Waals surface area contributed by atoms with Gasteiger partial charge in [0.1, 0.15) is 12.6 Å². The van der Waals surface area contributed by atoms with Crippen molar-refractivity contribution < 1.29 is 24.2 Å². The van der Waals surface area contributed by atoms with Gasteiger partial charge < -0.3 is 25.2 Å².